The van der Waals surface area contributed by atoms with E-state index >= 15 is 0 Å². The maximum atomic E-state index is 11.7. The second-order valence-electron chi connectivity index (χ2n) is 4.12. The normalized spacial score (nSPS) is 9.89. The zero-order valence-corrected chi connectivity index (χ0v) is 11.2. The molecule has 1 aromatic heterocycles. The molecular formula is C14H19N3O2. The Hall–Kier alpha value is -1.93. The van der Waals surface area contributed by atoms with Gasteiger partial charge in [-0.25, -0.2) is 4.98 Å². The molecule has 0 saturated heterocycles. The fraction of sp³-hybridized carbons (Fsp3) is 0.500. The maximum absolute atomic E-state index is 11.7. The first-order chi connectivity index (χ1) is 9.27. The molecule has 0 spiro atoms. The Morgan fingerprint density at radius 2 is 2.21 bits per heavy atom. The Bertz CT molecular complexity index is 423. The number of ether oxygens (including phenoxy) is 1. The van der Waals surface area contributed by atoms with Crippen LogP contribution in [0.4, 0.5) is 0 Å². The fourth-order valence-corrected chi connectivity index (χ4v) is 1.42. The van der Waals surface area contributed by atoms with Crippen LogP contribution in [0.5, 0.6) is 0 Å². The maximum Gasteiger partial charge on any atom is 0.252 e. The predicted molar refractivity (Wildman–Crippen MR) is 71.6 cm³/mol. The van der Waals surface area contributed by atoms with E-state index in [1.165, 1.54) is 12.3 Å². The lowest BCUT2D eigenvalue weighted by molar-refractivity contribution is 0.0940. The van der Waals surface area contributed by atoms with Crippen molar-refractivity contribution in [3.63, 3.8) is 0 Å². The van der Waals surface area contributed by atoms with Gasteiger partial charge in [-0.3, -0.25) is 4.79 Å². The van der Waals surface area contributed by atoms with Crippen LogP contribution in [0, 0.1) is 11.3 Å². The summed E-state index contributed by atoms with van der Waals surface area (Å²) in [5.74, 6) is -0.175. The number of aromatic nitrogens is 1. The number of hydrogen-bond acceptors (Lipinski definition) is 4. The van der Waals surface area contributed by atoms with Gasteiger partial charge in [0.25, 0.3) is 5.91 Å². The Balaban J connectivity index is 2.18. The summed E-state index contributed by atoms with van der Waals surface area (Å²) < 4.78 is 5.39. The van der Waals surface area contributed by atoms with Crippen molar-refractivity contribution in [1.82, 2.24) is 10.3 Å². The molecular weight excluding hydrogens is 242 g/mol. The highest BCUT2D eigenvalue weighted by molar-refractivity contribution is 5.93. The summed E-state index contributed by atoms with van der Waals surface area (Å²) in [5, 5.41) is 11.4. The number of nitriles is 1. The molecule has 0 aliphatic carbocycles. The Morgan fingerprint density at radius 3 is 2.84 bits per heavy atom. The molecule has 0 aromatic carbocycles. The summed E-state index contributed by atoms with van der Waals surface area (Å²) >= 11 is 0. The lowest BCUT2D eigenvalue weighted by Crippen LogP contribution is -2.25. The van der Waals surface area contributed by atoms with E-state index < -0.39 is 0 Å². The van der Waals surface area contributed by atoms with Crippen LogP contribution >= 0.6 is 0 Å². The number of nitrogens with zero attached hydrogens (tertiary/aromatic N) is 2. The number of pyridine rings is 1. The summed E-state index contributed by atoms with van der Waals surface area (Å²) in [5.41, 5.74) is 0.770. The van der Waals surface area contributed by atoms with E-state index in [0.29, 0.717) is 24.4 Å². The van der Waals surface area contributed by atoms with Crippen LogP contribution in [0.15, 0.2) is 18.3 Å². The molecule has 0 fully saturated rings. The first-order valence-corrected chi connectivity index (χ1v) is 6.50. The topological polar surface area (TPSA) is 75.0 Å². The molecule has 1 heterocycles. The molecule has 5 nitrogen and oxygen atoms in total. The average molecular weight is 261 g/mol. The van der Waals surface area contributed by atoms with Crippen molar-refractivity contribution < 1.29 is 9.53 Å². The Morgan fingerprint density at radius 1 is 1.42 bits per heavy atom. The molecule has 1 N–H and O–H groups in total. The van der Waals surface area contributed by atoms with Crippen LogP contribution < -0.4 is 5.32 Å². The van der Waals surface area contributed by atoms with E-state index in [9.17, 15) is 4.79 Å². The van der Waals surface area contributed by atoms with E-state index in [1.54, 1.807) is 6.07 Å². The van der Waals surface area contributed by atoms with E-state index in [2.05, 4.69) is 17.2 Å². The van der Waals surface area contributed by atoms with Crippen molar-refractivity contribution in [2.45, 2.75) is 26.2 Å². The van der Waals surface area contributed by atoms with Crippen molar-refractivity contribution in [1.29, 1.82) is 5.26 Å². The largest absolute Gasteiger partial charge is 0.381 e. The fourth-order valence-electron chi connectivity index (χ4n) is 1.42. The summed E-state index contributed by atoms with van der Waals surface area (Å²) in [7, 11) is 0. The molecule has 0 unspecified atom stereocenters. The molecule has 0 saturated carbocycles. The lowest BCUT2D eigenvalue weighted by atomic mass is 10.2. The molecule has 1 amide bonds. The smallest absolute Gasteiger partial charge is 0.252 e. The monoisotopic (exact) mass is 261 g/mol. The molecule has 1 rings (SSSR count). The van der Waals surface area contributed by atoms with Gasteiger partial charge in [-0.1, -0.05) is 13.3 Å². The predicted octanol–water partition coefficient (Wildman–Crippen LogP) is 1.89. The Kier molecular flexibility index (Phi) is 7.21. The van der Waals surface area contributed by atoms with Gasteiger partial charge in [-0.15, -0.1) is 0 Å². The summed E-state index contributed by atoms with van der Waals surface area (Å²) in [6.45, 7) is 4.13. The van der Waals surface area contributed by atoms with E-state index in [4.69, 9.17) is 10.00 Å². The second-order valence-corrected chi connectivity index (χ2v) is 4.12. The average Bonchev–Trinajstić information content (AvgIpc) is 2.46. The minimum absolute atomic E-state index is 0.175. The number of hydrogen-bond donors (Lipinski definition) is 1. The number of rotatable bonds is 8. The van der Waals surface area contributed by atoms with Crippen molar-refractivity contribution in [3.8, 4) is 6.07 Å². The molecule has 102 valence electrons. The number of unbranched alkanes of at least 4 members (excludes halogenated alkanes) is 1. The van der Waals surface area contributed by atoms with Gasteiger partial charge in [-0.2, -0.15) is 5.26 Å². The zero-order valence-electron chi connectivity index (χ0n) is 11.2. The van der Waals surface area contributed by atoms with Crippen molar-refractivity contribution in [3.05, 3.63) is 29.6 Å². The summed E-state index contributed by atoms with van der Waals surface area (Å²) in [6, 6.07) is 5.04. The van der Waals surface area contributed by atoms with Gasteiger partial charge in [0.1, 0.15) is 11.8 Å². The number of carbonyl (C=O) groups excluding carboxylic acids is 1. The zero-order chi connectivity index (χ0) is 13.9. The van der Waals surface area contributed by atoms with Crippen LogP contribution in [0.3, 0.4) is 0 Å². The van der Waals surface area contributed by atoms with Crippen LogP contribution in [-0.4, -0.2) is 30.6 Å². The first kappa shape index (κ1) is 15.1. The third kappa shape index (κ3) is 5.98. The number of nitrogens with one attached hydrogen (secondary N) is 1. The molecule has 0 atom stereocenters. The van der Waals surface area contributed by atoms with E-state index in [-0.39, 0.29) is 5.91 Å². The van der Waals surface area contributed by atoms with Crippen LogP contribution in [0.25, 0.3) is 0 Å². The third-order valence-electron chi connectivity index (χ3n) is 2.53. The first-order valence-electron chi connectivity index (χ1n) is 6.50. The van der Waals surface area contributed by atoms with Crippen molar-refractivity contribution >= 4 is 5.91 Å². The minimum Gasteiger partial charge on any atom is -0.381 e. The summed E-state index contributed by atoms with van der Waals surface area (Å²) in [6.07, 6.45) is 4.40. The van der Waals surface area contributed by atoms with Crippen molar-refractivity contribution in [2.75, 3.05) is 19.8 Å². The van der Waals surface area contributed by atoms with Crippen LogP contribution in [-0.2, 0) is 4.74 Å². The van der Waals surface area contributed by atoms with Crippen molar-refractivity contribution in [2.24, 2.45) is 0 Å². The standard InChI is InChI=1S/C14H19N3O2/c1-2-3-8-19-9-4-7-16-14(18)12-5-6-13(10-15)17-11-12/h5-6,11H,2-4,7-9H2,1H3,(H,16,18). The molecule has 0 radical (unpaired) electrons. The quantitative estimate of drug-likeness (QED) is 0.725. The van der Waals surface area contributed by atoms with Crippen LogP contribution in [0.1, 0.15) is 42.2 Å². The summed E-state index contributed by atoms with van der Waals surface area (Å²) in [4.78, 5) is 15.6. The molecule has 1 aromatic rings. The van der Waals surface area contributed by atoms with Gasteiger partial charge >= 0.3 is 0 Å². The molecule has 5 heteroatoms. The third-order valence-corrected chi connectivity index (χ3v) is 2.53. The molecule has 0 aliphatic heterocycles. The van der Waals surface area contributed by atoms with Gasteiger partial charge in [-0.05, 0) is 25.0 Å². The SMILES string of the molecule is CCCCOCCCNC(=O)c1ccc(C#N)nc1. The highest BCUT2D eigenvalue weighted by Crippen LogP contribution is 1.99. The second kappa shape index (κ2) is 9.06. The molecule has 0 bridgehead atoms. The van der Waals surface area contributed by atoms with E-state index in [1.807, 2.05) is 6.07 Å². The van der Waals surface area contributed by atoms with Gasteiger partial charge < -0.3 is 10.1 Å². The van der Waals surface area contributed by atoms with Gasteiger partial charge in [0.05, 0.1) is 5.56 Å². The highest BCUT2D eigenvalue weighted by Gasteiger charge is 2.04. The van der Waals surface area contributed by atoms with Crippen LogP contribution in [0.2, 0.25) is 0 Å². The van der Waals surface area contributed by atoms with Gasteiger partial charge in [0.2, 0.25) is 0 Å². The van der Waals surface area contributed by atoms with E-state index in [0.717, 1.165) is 25.9 Å². The van der Waals surface area contributed by atoms with Gasteiger partial charge in [0.15, 0.2) is 0 Å². The van der Waals surface area contributed by atoms with Gasteiger partial charge in [0, 0.05) is 26.0 Å². The Labute approximate surface area is 113 Å². The minimum atomic E-state index is -0.175. The molecule has 0 aliphatic rings. The number of carbonyl (C=O) groups is 1. The number of amides is 1. The molecule has 19 heavy (non-hydrogen) atoms. The highest BCUT2D eigenvalue weighted by atomic mass is 16.5. The lowest BCUT2D eigenvalue weighted by Gasteiger charge is -2.05.